The molecule has 1 aromatic rings. The number of carbonyl (C=O) groups is 3. The summed E-state index contributed by atoms with van der Waals surface area (Å²) in [7, 11) is 0. The molecule has 1 fully saturated rings. The number of aromatic nitrogens is 2. The third-order valence-corrected chi connectivity index (χ3v) is 4.07. The van der Waals surface area contributed by atoms with Gasteiger partial charge in [-0.1, -0.05) is 0 Å². The maximum absolute atomic E-state index is 12.3. The largest absolute Gasteiger partial charge is 0.456 e. The third kappa shape index (κ3) is 4.66. The van der Waals surface area contributed by atoms with E-state index in [9.17, 15) is 24.0 Å². The Kier molecular flexibility index (Phi) is 6.39. The minimum atomic E-state index is -1.31. The lowest BCUT2D eigenvalue weighted by Crippen LogP contribution is -2.59. The summed E-state index contributed by atoms with van der Waals surface area (Å²) in [5.41, 5.74) is -1.18. The van der Waals surface area contributed by atoms with Crippen LogP contribution in [0.5, 0.6) is 0 Å². The van der Waals surface area contributed by atoms with Crippen molar-refractivity contribution in [3.8, 4) is 0 Å². The lowest BCUT2D eigenvalue weighted by molar-refractivity contribution is -0.260. The van der Waals surface area contributed by atoms with E-state index >= 15 is 0 Å². The molecule has 1 aromatic heterocycles. The Balaban J connectivity index is 2.58. The molecule has 0 saturated carbocycles. The second kappa shape index (κ2) is 8.38. The number of ether oxygens (including phenoxy) is 4. The third-order valence-electron chi connectivity index (χ3n) is 4.07. The Morgan fingerprint density at radius 1 is 0.964 bits per heavy atom. The summed E-state index contributed by atoms with van der Waals surface area (Å²) in [5, 5.41) is 0. The summed E-state index contributed by atoms with van der Waals surface area (Å²) in [6, 6.07) is 0. The normalized spacial score (nSPS) is 27.0. The first-order valence-electron chi connectivity index (χ1n) is 8.50. The van der Waals surface area contributed by atoms with E-state index in [0.717, 1.165) is 18.4 Å². The predicted octanol–water partition coefficient (Wildman–Crippen LogP) is -0.443. The van der Waals surface area contributed by atoms with E-state index in [1.54, 1.807) is 6.92 Å². The number of hydrogen-bond donors (Lipinski definition) is 1. The van der Waals surface area contributed by atoms with Crippen LogP contribution in [-0.4, -0.2) is 51.9 Å². The highest BCUT2D eigenvalue weighted by molar-refractivity contribution is 5.68. The summed E-state index contributed by atoms with van der Waals surface area (Å²) in [4.78, 5) is 60.9. The lowest BCUT2D eigenvalue weighted by Gasteiger charge is -2.44. The molecule has 11 heteroatoms. The second-order valence-electron chi connectivity index (χ2n) is 6.43. The van der Waals surface area contributed by atoms with Gasteiger partial charge in [0.25, 0.3) is 5.56 Å². The molecule has 0 aromatic carbocycles. The van der Waals surface area contributed by atoms with E-state index in [2.05, 4.69) is 4.98 Å². The molecule has 1 aliphatic heterocycles. The highest BCUT2D eigenvalue weighted by Crippen LogP contribution is 2.33. The molecule has 0 spiro atoms. The average Bonchev–Trinajstić information content (AvgIpc) is 2.55. The molecule has 1 aliphatic rings. The van der Waals surface area contributed by atoms with E-state index in [1.807, 2.05) is 0 Å². The maximum Gasteiger partial charge on any atom is 0.330 e. The molecule has 11 nitrogen and oxygen atoms in total. The molecule has 5 atom stereocenters. The van der Waals surface area contributed by atoms with E-state index < -0.39 is 59.8 Å². The molecule has 0 unspecified atom stereocenters. The molecule has 1 N–H and O–H groups in total. The topological polar surface area (TPSA) is 143 Å². The van der Waals surface area contributed by atoms with Crippen LogP contribution in [0.15, 0.2) is 15.8 Å². The number of esters is 3. The van der Waals surface area contributed by atoms with Gasteiger partial charge in [0.05, 0.1) is 6.10 Å². The second-order valence-corrected chi connectivity index (χ2v) is 6.43. The monoisotopic (exact) mass is 398 g/mol. The Morgan fingerprint density at radius 3 is 2.00 bits per heavy atom. The fraction of sp³-hybridized carbons (Fsp3) is 0.588. The van der Waals surface area contributed by atoms with E-state index in [-0.39, 0.29) is 5.56 Å². The van der Waals surface area contributed by atoms with Crippen LogP contribution in [0.1, 0.15) is 39.5 Å². The Morgan fingerprint density at radius 2 is 1.46 bits per heavy atom. The highest BCUT2D eigenvalue weighted by atomic mass is 16.7. The standard InChI is InChI=1S/C17H22N2O9/c1-7-6-19(17(24)18-15(7)23)16-14(28-11(5)22)13(27-10(4)21)12(8(2)25-16)26-9(3)20/h6,8,12-14,16H,1-5H3,(H,18,23,24)/t8-,12-,13+,14+,16+/m0/s1. The van der Waals surface area contributed by atoms with Crippen molar-refractivity contribution in [1.82, 2.24) is 9.55 Å². The van der Waals surface area contributed by atoms with Crippen molar-refractivity contribution in [3.05, 3.63) is 32.6 Å². The quantitative estimate of drug-likeness (QED) is 0.527. The van der Waals surface area contributed by atoms with Gasteiger partial charge in [0.15, 0.2) is 24.5 Å². The molecule has 2 rings (SSSR count). The minimum absolute atomic E-state index is 0.212. The fourth-order valence-electron chi connectivity index (χ4n) is 2.99. The lowest BCUT2D eigenvalue weighted by atomic mass is 9.97. The highest BCUT2D eigenvalue weighted by Gasteiger charge is 2.51. The minimum Gasteiger partial charge on any atom is -0.456 e. The van der Waals surface area contributed by atoms with Crippen LogP contribution in [0.2, 0.25) is 0 Å². The number of nitrogens with one attached hydrogen (secondary N) is 1. The number of aryl methyl sites for hydroxylation is 1. The zero-order chi connectivity index (χ0) is 21.2. The number of hydrogen-bond acceptors (Lipinski definition) is 9. The molecule has 154 valence electrons. The number of H-pyrrole nitrogens is 1. The van der Waals surface area contributed by atoms with Crippen LogP contribution in [0.4, 0.5) is 0 Å². The van der Waals surface area contributed by atoms with Gasteiger partial charge in [0.1, 0.15) is 0 Å². The molecule has 0 radical (unpaired) electrons. The van der Waals surface area contributed by atoms with Crippen LogP contribution in [0.3, 0.4) is 0 Å². The van der Waals surface area contributed by atoms with Crippen molar-refractivity contribution < 1.29 is 33.3 Å². The summed E-state index contributed by atoms with van der Waals surface area (Å²) in [5.74, 6) is -2.10. The van der Waals surface area contributed by atoms with Gasteiger partial charge in [0.2, 0.25) is 0 Å². The van der Waals surface area contributed by atoms with Crippen LogP contribution in [-0.2, 0) is 33.3 Å². The average molecular weight is 398 g/mol. The van der Waals surface area contributed by atoms with Crippen LogP contribution in [0, 0.1) is 6.92 Å². The Labute approximate surface area is 159 Å². The van der Waals surface area contributed by atoms with Crippen molar-refractivity contribution >= 4 is 17.9 Å². The van der Waals surface area contributed by atoms with Crippen molar-refractivity contribution in [2.75, 3.05) is 0 Å². The molecule has 2 heterocycles. The van der Waals surface area contributed by atoms with Crippen LogP contribution >= 0.6 is 0 Å². The molecule has 0 amide bonds. The SMILES string of the molecule is CC(=O)O[C@@H]1[C@@H](OC(C)=O)[C@H](C)O[C@@H](n2cc(C)c(=O)[nH]c2=O)[C@@H]1OC(C)=O. The smallest absolute Gasteiger partial charge is 0.330 e. The number of rotatable bonds is 4. The van der Waals surface area contributed by atoms with Crippen LogP contribution in [0.25, 0.3) is 0 Å². The number of aromatic amines is 1. The predicted molar refractivity (Wildman–Crippen MR) is 92.3 cm³/mol. The first-order chi connectivity index (χ1) is 13.0. The van der Waals surface area contributed by atoms with Gasteiger partial charge in [-0.05, 0) is 13.8 Å². The van der Waals surface area contributed by atoms with Crippen molar-refractivity contribution in [1.29, 1.82) is 0 Å². The molecule has 1 saturated heterocycles. The fourth-order valence-corrected chi connectivity index (χ4v) is 2.99. The number of nitrogens with zero attached hydrogens (tertiary/aromatic N) is 1. The Hall–Kier alpha value is -2.95. The summed E-state index contributed by atoms with van der Waals surface area (Å²) < 4.78 is 22.6. The molecule has 0 bridgehead atoms. The molecular formula is C17H22N2O9. The summed E-state index contributed by atoms with van der Waals surface area (Å²) >= 11 is 0. The first-order valence-corrected chi connectivity index (χ1v) is 8.50. The Bertz CT molecular complexity index is 887. The van der Waals surface area contributed by atoms with Crippen molar-refractivity contribution in [2.24, 2.45) is 0 Å². The van der Waals surface area contributed by atoms with E-state index in [0.29, 0.717) is 0 Å². The van der Waals surface area contributed by atoms with E-state index in [4.69, 9.17) is 18.9 Å². The first kappa shape index (κ1) is 21.4. The van der Waals surface area contributed by atoms with Gasteiger partial charge in [-0.2, -0.15) is 0 Å². The molecule has 28 heavy (non-hydrogen) atoms. The van der Waals surface area contributed by atoms with Gasteiger partial charge in [-0.15, -0.1) is 0 Å². The summed E-state index contributed by atoms with van der Waals surface area (Å²) in [6.07, 6.45) is -4.46. The maximum atomic E-state index is 12.3. The van der Waals surface area contributed by atoms with Gasteiger partial charge in [0, 0.05) is 32.5 Å². The van der Waals surface area contributed by atoms with Crippen molar-refractivity contribution in [2.45, 2.75) is 65.3 Å². The van der Waals surface area contributed by atoms with Gasteiger partial charge < -0.3 is 18.9 Å². The molecule has 0 aliphatic carbocycles. The zero-order valence-corrected chi connectivity index (χ0v) is 16.1. The van der Waals surface area contributed by atoms with E-state index in [1.165, 1.54) is 20.0 Å². The summed E-state index contributed by atoms with van der Waals surface area (Å²) in [6.45, 7) is 6.46. The van der Waals surface area contributed by atoms with Gasteiger partial charge in [-0.25, -0.2) is 4.79 Å². The van der Waals surface area contributed by atoms with Gasteiger partial charge in [-0.3, -0.25) is 28.7 Å². The van der Waals surface area contributed by atoms with Crippen molar-refractivity contribution in [3.63, 3.8) is 0 Å². The zero-order valence-electron chi connectivity index (χ0n) is 16.1. The van der Waals surface area contributed by atoms with Gasteiger partial charge >= 0.3 is 23.6 Å². The molecular weight excluding hydrogens is 376 g/mol. The number of carbonyl (C=O) groups excluding carboxylic acids is 3. The van der Waals surface area contributed by atoms with Crippen LogP contribution < -0.4 is 11.2 Å².